The third kappa shape index (κ3) is 2.32. The lowest BCUT2D eigenvalue weighted by Crippen LogP contribution is -2.27. The molecule has 2 N–H and O–H groups in total. The molecule has 1 aromatic carbocycles. The molecule has 18 heavy (non-hydrogen) atoms. The molecule has 0 bridgehead atoms. The van der Waals surface area contributed by atoms with Gasteiger partial charge in [0.15, 0.2) is 0 Å². The fraction of sp³-hybridized carbons (Fsp3) is 0.143. The molecule has 1 heterocycles. The van der Waals surface area contributed by atoms with Gasteiger partial charge in [-0.15, -0.1) is 0 Å². The average Bonchev–Trinajstić information content (AvgIpc) is 2.38. The molecule has 92 valence electrons. The lowest BCUT2D eigenvalue weighted by Gasteiger charge is -2.17. The second-order valence-corrected chi connectivity index (χ2v) is 4.13. The van der Waals surface area contributed by atoms with Gasteiger partial charge in [-0.1, -0.05) is 6.07 Å². The molecule has 0 saturated carbocycles. The van der Waals surface area contributed by atoms with Gasteiger partial charge in [0.2, 0.25) is 0 Å². The van der Waals surface area contributed by atoms with Crippen LogP contribution in [0.5, 0.6) is 0 Å². The summed E-state index contributed by atoms with van der Waals surface area (Å²) in [4.78, 5) is 18.0. The second-order valence-electron chi connectivity index (χ2n) is 4.13. The van der Waals surface area contributed by atoms with Gasteiger partial charge in [-0.2, -0.15) is 0 Å². The molecule has 0 unspecified atom stereocenters. The Morgan fingerprint density at radius 2 is 2.06 bits per heavy atom. The molecule has 4 heteroatoms. The number of rotatable bonds is 2. The number of nitrogens with two attached hydrogens (primary N) is 1. The van der Waals surface area contributed by atoms with E-state index in [1.54, 1.807) is 37.5 Å². The predicted octanol–water partition coefficient (Wildman–Crippen LogP) is 2.25. The number of carbonyl (C=O) groups is 1. The number of nitrogen functional groups attached to an aromatic ring is 1. The average molecular weight is 241 g/mol. The molecule has 0 aliphatic carbocycles. The zero-order valence-corrected chi connectivity index (χ0v) is 10.4. The number of benzene rings is 1. The van der Waals surface area contributed by atoms with Crippen molar-refractivity contribution in [1.82, 2.24) is 4.98 Å². The van der Waals surface area contributed by atoms with E-state index < -0.39 is 0 Å². The van der Waals surface area contributed by atoms with Gasteiger partial charge in [-0.3, -0.25) is 9.69 Å². The van der Waals surface area contributed by atoms with Crippen LogP contribution in [0.3, 0.4) is 0 Å². The molecule has 0 radical (unpaired) electrons. The van der Waals surface area contributed by atoms with Crippen LogP contribution in [0.25, 0.3) is 0 Å². The van der Waals surface area contributed by atoms with Crippen molar-refractivity contribution in [2.24, 2.45) is 0 Å². The molecular weight excluding hydrogens is 226 g/mol. The van der Waals surface area contributed by atoms with Gasteiger partial charge >= 0.3 is 0 Å². The van der Waals surface area contributed by atoms with Gasteiger partial charge < -0.3 is 5.73 Å². The predicted molar refractivity (Wildman–Crippen MR) is 72.6 cm³/mol. The van der Waals surface area contributed by atoms with Crippen molar-refractivity contribution < 1.29 is 4.79 Å². The van der Waals surface area contributed by atoms with E-state index in [0.29, 0.717) is 17.1 Å². The van der Waals surface area contributed by atoms with E-state index in [2.05, 4.69) is 4.98 Å². The normalized spacial score (nSPS) is 10.1. The van der Waals surface area contributed by atoms with Crippen LogP contribution in [-0.2, 0) is 0 Å². The number of hydrogen-bond donors (Lipinski definition) is 1. The van der Waals surface area contributed by atoms with Crippen LogP contribution in [0, 0.1) is 6.92 Å². The van der Waals surface area contributed by atoms with Crippen molar-refractivity contribution in [2.45, 2.75) is 6.92 Å². The second kappa shape index (κ2) is 4.87. The minimum Gasteiger partial charge on any atom is -0.399 e. The Kier molecular flexibility index (Phi) is 3.28. The number of amides is 1. The smallest absolute Gasteiger partial charge is 0.259 e. The zero-order valence-electron chi connectivity index (χ0n) is 10.4. The SMILES string of the molecule is Cc1cc(N)ccc1C(=O)N(C)c1ccccn1. The maximum absolute atomic E-state index is 12.3. The molecule has 0 atom stereocenters. The number of nitrogens with zero attached hydrogens (tertiary/aromatic N) is 2. The summed E-state index contributed by atoms with van der Waals surface area (Å²) < 4.78 is 0. The number of hydrogen-bond acceptors (Lipinski definition) is 3. The first kappa shape index (κ1) is 12.1. The number of aryl methyl sites for hydroxylation is 1. The van der Waals surface area contributed by atoms with E-state index in [0.717, 1.165) is 5.56 Å². The van der Waals surface area contributed by atoms with Gasteiger partial charge in [-0.05, 0) is 42.8 Å². The lowest BCUT2D eigenvalue weighted by atomic mass is 10.1. The molecule has 0 spiro atoms. The van der Waals surface area contributed by atoms with Crippen LogP contribution >= 0.6 is 0 Å². The van der Waals surface area contributed by atoms with Gasteiger partial charge in [-0.25, -0.2) is 4.98 Å². The largest absolute Gasteiger partial charge is 0.399 e. The summed E-state index contributed by atoms with van der Waals surface area (Å²) >= 11 is 0. The van der Waals surface area contributed by atoms with Crippen LogP contribution in [-0.4, -0.2) is 17.9 Å². The van der Waals surface area contributed by atoms with E-state index in [1.165, 1.54) is 4.90 Å². The molecule has 2 aromatic rings. The van der Waals surface area contributed by atoms with Crippen molar-refractivity contribution in [1.29, 1.82) is 0 Å². The first-order chi connectivity index (χ1) is 8.59. The molecule has 0 fully saturated rings. The highest BCUT2D eigenvalue weighted by Gasteiger charge is 2.16. The first-order valence-electron chi connectivity index (χ1n) is 5.65. The molecule has 1 amide bonds. The van der Waals surface area contributed by atoms with E-state index in [4.69, 9.17) is 5.73 Å². The highest BCUT2D eigenvalue weighted by Crippen LogP contribution is 2.17. The quantitative estimate of drug-likeness (QED) is 0.820. The molecule has 1 aromatic heterocycles. The highest BCUT2D eigenvalue weighted by atomic mass is 16.2. The van der Waals surface area contributed by atoms with Gasteiger partial charge in [0.1, 0.15) is 5.82 Å². The number of aromatic nitrogens is 1. The summed E-state index contributed by atoms with van der Waals surface area (Å²) in [7, 11) is 1.71. The Labute approximate surface area is 106 Å². The summed E-state index contributed by atoms with van der Waals surface area (Å²) in [5.74, 6) is 0.532. The van der Waals surface area contributed by atoms with Crippen LogP contribution in [0.2, 0.25) is 0 Å². The zero-order chi connectivity index (χ0) is 13.1. The molecule has 0 aliphatic rings. The summed E-state index contributed by atoms with van der Waals surface area (Å²) in [6, 6.07) is 10.7. The van der Waals surface area contributed by atoms with Crippen molar-refractivity contribution in [3.05, 3.63) is 53.7 Å². The van der Waals surface area contributed by atoms with Gasteiger partial charge in [0.05, 0.1) is 0 Å². The maximum Gasteiger partial charge on any atom is 0.259 e. The Bertz CT molecular complexity index is 567. The fourth-order valence-electron chi connectivity index (χ4n) is 1.76. The first-order valence-corrected chi connectivity index (χ1v) is 5.65. The lowest BCUT2D eigenvalue weighted by molar-refractivity contribution is 0.0992. The minimum absolute atomic E-state index is 0.0915. The van der Waals surface area contributed by atoms with Gasteiger partial charge in [0, 0.05) is 24.5 Å². The summed E-state index contributed by atoms with van der Waals surface area (Å²) in [6.07, 6.45) is 1.66. The van der Waals surface area contributed by atoms with E-state index in [9.17, 15) is 4.79 Å². The summed E-state index contributed by atoms with van der Waals surface area (Å²) in [5, 5.41) is 0. The Morgan fingerprint density at radius 1 is 1.28 bits per heavy atom. The van der Waals surface area contributed by atoms with E-state index in [-0.39, 0.29) is 5.91 Å². The summed E-state index contributed by atoms with van der Waals surface area (Å²) in [6.45, 7) is 1.87. The summed E-state index contributed by atoms with van der Waals surface area (Å²) in [5.41, 5.74) is 7.83. The molecule has 0 aliphatic heterocycles. The molecular formula is C14H15N3O. The van der Waals surface area contributed by atoms with Crippen molar-refractivity contribution in [2.75, 3.05) is 17.7 Å². The van der Waals surface area contributed by atoms with E-state index >= 15 is 0 Å². The minimum atomic E-state index is -0.0915. The molecule has 2 rings (SSSR count). The maximum atomic E-state index is 12.3. The number of pyridine rings is 1. The number of carbonyl (C=O) groups excluding carboxylic acids is 1. The molecule has 0 saturated heterocycles. The Balaban J connectivity index is 2.32. The Hall–Kier alpha value is -2.36. The van der Waals surface area contributed by atoms with Gasteiger partial charge in [0.25, 0.3) is 5.91 Å². The van der Waals surface area contributed by atoms with Crippen LogP contribution in [0.4, 0.5) is 11.5 Å². The van der Waals surface area contributed by atoms with Crippen molar-refractivity contribution in [3.63, 3.8) is 0 Å². The van der Waals surface area contributed by atoms with Crippen LogP contribution in [0.1, 0.15) is 15.9 Å². The molecule has 4 nitrogen and oxygen atoms in total. The highest BCUT2D eigenvalue weighted by molar-refractivity contribution is 6.06. The Morgan fingerprint density at radius 3 is 2.67 bits per heavy atom. The van der Waals surface area contributed by atoms with Crippen LogP contribution < -0.4 is 10.6 Å². The monoisotopic (exact) mass is 241 g/mol. The fourth-order valence-corrected chi connectivity index (χ4v) is 1.76. The van der Waals surface area contributed by atoms with Crippen molar-refractivity contribution in [3.8, 4) is 0 Å². The van der Waals surface area contributed by atoms with Crippen LogP contribution in [0.15, 0.2) is 42.6 Å². The topological polar surface area (TPSA) is 59.2 Å². The third-order valence-electron chi connectivity index (χ3n) is 2.78. The van der Waals surface area contributed by atoms with E-state index in [1.807, 2.05) is 19.1 Å². The number of anilines is 2. The standard InChI is InChI=1S/C14H15N3O/c1-10-9-11(15)6-7-12(10)14(18)17(2)13-5-3-4-8-16-13/h3-9H,15H2,1-2H3. The van der Waals surface area contributed by atoms with Crippen molar-refractivity contribution >= 4 is 17.4 Å². The third-order valence-corrected chi connectivity index (χ3v) is 2.78.